The molecule has 0 saturated heterocycles. The predicted molar refractivity (Wildman–Crippen MR) is 143 cm³/mol. The third kappa shape index (κ3) is 5.56. The zero-order valence-corrected chi connectivity index (χ0v) is 22.0. The van der Waals surface area contributed by atoms with Gasteiger partial charge in [0.05, 0.1) is 6.04 Å². The van der Waals surface area contributed by atoms with Gasteiger partial charge >= 0.3 is 6.03 Å². The van der Waals surface area contributed by atoms with E-state index in [1.54, 1.807) is 0 Å². The summed E-state index contributed by atoms with van der Waals surface area (Å²) < 4.78 is 2.22. The van der Waals surface area contributed by atoms with Crippen molar-refractivity contribution in [2.24, 2.45) is 5.92 Å². The van der Waals surface area contributed by atoms with E-state index in [4.69, 9.17) is 0 Å². The van der Waals surface area contributed by atoms with Crippen LogP contribution in [-0.4, -0.2) is 28.6 Å². The van der Waals surface area contributed by atoms with Crippen molar-refractivity contribution in [3.63, 3.8) is 0 Å². The number of rotatable bonds is 8. The molecule has 3 heterocycles. The van der Waals surface area contributed by atoms with Gasteiger partial charge in [-0.25, -0.2) is 4.79 Å². The van der Waals surface area contributed by atoms with Crippen molar-refractivity contribution in [3.8, 4) is 5.00 Å². The Morgan fingerprint density at radius 1 is 1.15 bits per heavy atom. The summed E-state index contributed by atoms with van der Waals surface area (Å²) in [6, 6.07) is 10.1. The number of likely N-dealkylation sites (N-methyl/N-ethyl adjacent to an activating group) is 1. The summed E-state index contributed by atoms with van der Waals surface area (Å²) in [5, 5.41) is 7.72. The first-order chi connectivity index (χ1) is 16.4. The molecule has 1 atom stereocenters. The number of carbonyl (C=O) groups excluding carboxylic acids is 1. The first kappa shape index (κ1) is 24.6. The topological polar surface area (TPSA) is 49.3 Å². The fraction of sp³-hybridized carbons (Fsp3) is 0.464. The molecule has 1 aliphatic heterocycles. The van der Waals surface area contributed by atoms with Crippen LogP contribution in [0.2, 0.25) is 0 Å². The minimum Gasteiger partial charge on any atom is -0.331 e. The predicted octanol–water partition coefficient (Wildman–Crippen LogP) is 6.83. The van der Waals surface area contributed by atoms with Crippen LogP contribution in [0.15, 0.2) is 42.7 Å². The largest absolute Gasteiger partial charge is 0.331 e. The molecule has 6 heteroatoms. The molecule has 0 fully saturated rings. The minimum absolute atomic E-state index is 0.0290. The normalized spacial score (nSPS) is 14.8. The van der Waals surface area contributed by atoms with Crippen LogP contribution >= 0.6 is 11.3 Å². The lowest BCUT2D eigenvalue weighted by molar-refractivity contribution is 0.246. The highest BCUT2D eigenvalue weighted by Crippen LogP contribution is 2.41. The van der Waals surface area contributed by atoms with Gasteiger partial charge in [0.1, 0.15) is 5.00 Å². The third-order valence-corrected chi connectivity index (χ3v) is 8.01. The van der Waals surface area contributed by atoms with Crippen LogP contribution in [-0.2, 0) is 13.0 Å². The van der Waals surface area contributed by atoms with Gasteiger partial charge in [-0.1, -0.05) is 38.5 Å². The molecule has 182 valence electrons. The molecule has 0 spiro atoms. The number of hydrogen-bond acceptors (Lipinski definition) is 3. The van der Waals surface area contributed by atoms with Crippen molar-refractivity contribution in [3.05, 3.63) is 69.9 Å². The van der Waals surface area contributed by atoms with E-state index in [1.165, 1.54) is 26.6 Å². The highest BCUT2D eigenvalue weighted by Gasteiger charge is 2.30. The highest BCUT2D eigenvalue weighted by molar-refractivity contribution is 7.15. The molecule has 0 unspecified atom stereocenters. The maximum atomic E-state index is 13.2. The number of nitrogens with zero attached hydrogens (tertiary/aromatic N) is 2. The van der Waals surface area contributed by atoms with Crippen molar-refractivity contribution >= 4 is 23.1 Å². The first-order valence-electron chi connectivity index (χ1n) is 12.5. The summed E-state index contributed by atoms with van der Waals surface area (Å²) >= 11 is 1.89. The van der Waals surface area contributed by atoms with Crippen LogP contribution in [0, 0.1) is 19.8 Å². The van der Waals surface area contributed by atoms with Gasteiger partial charge < -0.3 is 15.2 Å². The van der Waals surface area contributed by atoms with E-state index in [-0.39, 0.29) is 12.1 Å². The molecule has 0 bridgehead atoms. The number of amides is 2. The number of hydrogen-bond donors (Lipinski definition) is 2. The van der Waals surface area contributed by atoms with Gasteiger partial charge in [-0.15, -0.1) is 11.3 Å². The molecular formula is C28H38N4OS. The number of fused-ring (bicyclic) bond motifs is 1. The first-order valence-corrected chi connectivity index (χ1v) is 13.3. The zero-order chi connectivity index (χ0) is 24.2. The Labute approximate surface area is 208 Å². The van der Waals surface area contributed by atoms with E-state index in [2.05, 4.69) is 78.4 Å². The fourth-order valence-corrected chi connectivity index (χ4v) is 6.23. The maximum Gasteiger partial charge on any atom is 0.319 e. The van der Waals surface area contributed by atoms with Gasteiger partial charge in [0.15, 0.2) is 0 Å². The van der Waals surface area contributed by atoms with E-state index < -0.39 is 0 Å². The Morgan fingerprint density at radius 3 is 2.59 bits per heavy atom. The molecule has 2 amide bonds. The van der Waals surface area contributed by atoms with Crippen LogP contribution in [0.1, 0.15) is 66.8 Å². The molecule has 2 aromatic heterocycles. The Morgan fingerprint density at radius 2 is 1.91 bits per heavy atom. The Hall–Kier alpha value is -2.57. The maximum absolute atomic E-state index is 13.2. The molecule has 0 saturated carbocycles. The van der Waals surface area contributed by atoms with Gasteiger partial charge in [0.2, 0.25) is 0 Å². The molecule has 0 radical (unpaired) electrons. The summed E-state index contributed by atoms with van der Waals surface area (Å²) in [6.45, 7) is 14.0. The van der Waals surface area contributed by atoms with E-state index >= 15 is 0 Å². The van der Waals surface area contributed by atoms with E-state index in [0.29, 0.717) is 5.92 Å². The monoisotopic (exact) mass is 478 g/mol. The average molecular weight is 479 g/mol. The lowest BCUT2D eigenvalue weighted by Gasteiger charge is -2.28. The summed E-state index contributed by atoms with van der Waals surface area (Å²) in [5.41, 5.74) is 5.89. The van der Waals surface area contributed by atoms with Crippen LogP contribution < -0.4 is 10.6 Å². The summed E-state index contributed by atoms with van der Waals surface area (Å²) in [4.78, 5) is 17.2. The van der Waals surface area contributed by atoms with Crippen molar-refractivity contribution in [1.82, 2.24) is 14.8 Å². The number of aryl methyl sites for hydroxylation is 2. The van der Waals surface area contributed by atoms with E-state index in [0.717, 1.165) is 50.1 Å². The zero-order valence-electron chi connectivity index (χ0n) is 21.1. The Kier molecular flexibility index (Phi) is 7.79. The second-order valence-electron chi connectivity index (χ2n) is 9.87. The van der Waals surface area contributed by atoms with Crippen LogP contribution in [0.25, 0.3) is 5.00 Å². The number of carbonyl (C=O) groups is 1. The smallest absolute Gasteiger partial charge is 0.319 e. The summed E-state index contributed by atoms with van der Waals surface area (Å²) in [5.74, 6) is 0.576. The lowest BCUT2D eigenvalue weighted by Crippen LogP contribution is -2.35. The van der Waals surface area contributed by atoms with Gasteiger partial charge in [0, 0.05) is 41.6 Å². The molecule has 2 N–H and O–H groups in total. The van der Waals surface area contributed by atoms with Crippen LogP contribution in [0.4, 0.5) is 10.5 Å². The summed E-state index contributed by atoms with van der Waals surface area (Å²) in [6.07, 6.45) is 7.26. The van der Waals surface area contributed by atoms with Gasteiger partial charge in [-0.2, -0.15) is 0 Å². The van der Waals surface area contributed by atoms with Crippen LogP contribution in [0.5, 0.6) is 0 Å². The number of anilines is 1. The second kappa shape index (κ2) is 10.8. The van der Waals surface area contributed by atoms with Crippen LogP contribution in [0.3, 0.4) is 0 Å². The number of urea groups is 1. The minimum atomic E-state index is -0.134. The van der Waals surface area contributed by atoms with Gasteiger partial charge in [-0.05, 0) is 74.9 Å². The van der Waals surface area contributed by atoms with E-state index in [1.807, 2.05) is 30.4 Å². The van der Waals surface area contributed by atoms with Crippen molar-refractivity contribution in [2.45, 2.75) is 66.5 Å². The van der Waals surface area contributed by atoms with Gasteiger partial charge in [0.25, 0.3) is 0 Å². The molecule has 3 aromatic rings. The molecule has 0 aliphatic carbocycles. The Balaban J connectivity index is 1.67. The number of nitrogens with one attached hydrogen (secondary N) is 2. The van der Waals surface area contributed by atoms with Crippen molar-refractivity contribution in [2.75, 3.05) is 18.4 Å². The highest BCUT2D eigenvalue weighted by atomic mass is 32.1. The quantitative estimate of drug-likeness (QED) is 0.373. The lowest BCUT2D eigenvalue weighted by atomic mass is 9.92. The third-order valence-electron chi connectivity index (χ3n) is 6.76. The molecular weight excluding hydrogens is 440 g/mol. The summed E-state index contributed by atoms with van der Waals surface area (Å²) in [7, 11) is 0. The fourth-order valence-electron chi connectivity index (χ4n) is 4.82. The van der Waals surface area contributed by atoms with E-state index in [9.17, 15) is 4.79 Å². The van der Waals surface area contributed by atoms with Crippen molar-refractivity contribution in [1.29, 1.82) is 0 Å². The number of thiophene rings is 1. The number of benzene rings is 1. The molecule has 34 heavy (non-hydrogen) atoms. The molecule has 4 rings (SSSR count). The standard InChI is InChI=1S/C28H38N4OS/c1-6-31-16-13-22-25(18-31)34-27(32-14-7-8-15-32)26(22)24(11-9-19(2)3)30-28(33)29-23-12-10-20(4)17-21(23)5/h7-8,10,12,14-15,17,19,24H,6,9,11,13,16,18H2,1-5H3,(H2,29,30,33)/t24-/m1/s1. The second-order valence-corrected chi connectivity index (χ2v) is 11.0. The average Bonchev–Trinajstić information content (AvgIpc) is 3.45. The van der Waals surface area contributed by atoms with Gasteiger partial charge in [-0.3, -0.25) is 4.90 Å². The molecule has 1 aromatic carbocycles. The molecule has 5 nitrogen and oxygen atoms in total. The molecule has 1 aliphatic rings. The Bertz CT molecular complexity index is 1120. The van der Waals surface area contributed by atoms with Crippen molar-refractivity contribution < 1.29 is 4.79 Å². The SMILES string of the molecule is CCN1CCc2c(sc(-n3cccc3)c2[C@@H](CCC(C)C)NC(=O)Nc2ccc(C)cc2C)C1. The number of aromatic nitrogens is 1.